The van der Waals surface area contributed by atoms with Crippen LogP contribution in [-0.4, -0.2) is 26.4 Å². The Bertz CT molecular complexity index is 124. The molecule has 72 valence electrons. The minimum atomic E-state index is -4.33. The van der Waals surface area contributed by atoms with Gasteiger partial charge in [-0.25, -0.2) is 0 Å². The third-order valence-corrected chi connectivity index (χ3v) is 0. The van der Waals surface area contributed by atoms with Gasteiger partial charge in [0.2, 0.25) is 0 Å². The lowest BCUT2D eigenvalue weighted by Gasteiger charge is -2.12. The third-order valence-electron chi connectivity index (χ3n) is 0. The van der Waals surface area contributed by atoms with E-state index in [0.29, 0.717) is 0 Å². The van der Waals surface area contributed by atoms with Gasteiger partial charge in [0, 0.05) is 0 Å². The van der Waals surface area contributed by atoms with Gasteiger partial charge in [-0.05, 0) is 25.0 Å². The van der Waals surface area contributed by atoms with Crippen molar-refractivity contribution >= 4 is 20.2 Å². The Labute approximate surface area is 72.5 Å². The first-order valence-corrected chi connectivity index (χ1v) is 5.41. The molecule has 0 saturated carbocycles. The Kier molecular flexibility index (Phi) is 20.3. The third kappa shape index (κ3) is 15600. The highest BCUT2D eigenvalue weighted by Gasteiger charge is 1.43. The summed E-state index contributed by atoms with van der Waals surface area (Å²) in [6.07, 6.45) is 0. The minimum Gasteiger partial charge on any atom is -0.780 e. The Morgan fingerprint density at radius 3 is 1.27 bits per heavy atom. The Balaban J connectivity index is -0.0000000933. The molecule has 0 aliphatic heterocycles. The molecule has 0 radical (unpaired) electrons. The van der Waals surface area contributed by atoms with Crippen LogP contribution in [0.5, 0.6) is 0 Å². The van der Waals surface area contributed by atoms with Crippen molar-refractivity contribution < 1.29 is 24.8 Å². The normalized spacial score (nSPS) is 8.55. The van der Waals surface area contributed by atoms with Crippen LogP contribution < -0.4 is 11.5 Å². The van der Waals surface area contributed by atoms with E-state index in [-0.39, 0.29) is 0 Å². The van der Waals surface area contributed by atoms with Crippen LogP contribution in [0.25, 0.3) is 0 Å². The van der Waals surface area contributed by atoms with Crippen molar-refractivity contribution in [2.45, 2.75) is 13.8 Å². The molecule has 0 spiro atoms. The molecule has 0 aromatic heterocycles. The standard InChI is InChI=1S/2C2H7N.H2O3S2/c2*1-2-3;1-5(2,3)4/h2*2-3H2,1H3;(H2,1,2,3,4). The van der Waals surface area contributed by atoms with Crippen LogP contribution in [0.1, 0.15) is 13.8 Å². The summed E-state index contributed by atoms with van der Waals surface area (Å²) in [5.74, 6) is 0. The van der Waals surface area contributed by atoms with Crippen molar-refractivity contribution in [3.8, 4) is 0 Å². The minimum absolute atomic E-state index is 1.00. The molecule has 0 aromatic rings. The van der Waals surface area contributed by atoms with Crippen molar-refractivity contribution in [3.05, 3.63) is 0 Å². The molecular formula is C4H16N2O3S2. The van der Waals surface area contributed by atoms with E-state index in [2.05, 4.69) is 22.7 Å². The Morgan fingerprint density at radius 1 is 1.27 bits per heavy atom. The molecule has 0 fully saturated rings. The maximum absolute atomic E-state index is 8.89. The summed E-state index contributed by atoms with van der Waals surface area (Å²) in [5, 5.41) is 0. The fraction of sp³-hybridized carbons (Fsp3) is 1.00. The number of quaternary nitrogens is 2. The van der Waals surface area contributed by atoms with E-state index < -0.39 is 9.05 Å². The summed E-state index contributed by atoms with van der Waals surface area (Å²) < 4.78 is 26.7. The quantitative estimate of drug-likeness (QED) is 0.453. The fourth-order valence-corrected chi connectivity index (χ4v) is 0. The van der Waals surface area contributed by atoms with Crippen LogP contribution in [0.3, 0.4) is 0 Å². The van der Waals surface area contributed by atoms with Crippen LogP contribution in [0, 0.1) is 0 Å². The molecule has 0 rings (SSSR count). The van der Waals surface area contributed by atoms with E-state index in [0.717, 1.165) is 13.1 Å². The summed E-state index contributed by atoms with van der Waals surface area (Å²) in [6, 6.07) is 0. The second-order valence-corrected chi connectivity index (χ2v) is 3.45. The topological polar surface area (TPSA) is 118 Å². The second kappa shape index (κ2) is 12.8. The predicted octanol–water partition coefficient (Wildman–Crippen LogP) is -2.51. The highest BCUT2D eigenvalue weighted by atomic mass is 32.9. The van der Waals surface area contributed by atoms with Crippen LogP contribution in [0.4, 0.5) is 0 Å². The first-order chi connectivity index (χ1) is 4.83. The van der Waals surface area contributed by atoms with Crippen molar-refractivity contribution in [2.75, 3.05) is 13.1 Å². The second-order valence-electron chi connectivity index (χ2n) is 1.41. The van der Waals surface area contributed by atoms with E-state index in [4.69, 9.17) is 13.3 Å². The molecule has 0 saturated heterocycles. The highest BCUT2D eigenvalue weighted by molar-refractivity contribution is 8.26. The van der Waals surface area contributed by atoms with E-state index in [1.165, 1.54) is 0 Å². The Morgan fingerprint density at radius 2 is 1.27 bits per heavy atom. The zero-order valence-electron chi connectivity index (χ0n) is 6.87. The molecule has 0 aromatic carbocycles. The molecule has 0 amide bonds. The van der Waals surface area contributed by atoms with Crippen molar-refractivity contribution in [2.24, 2.45) is 0 Å². The molecule has 0 heterocycles. The van der Waals surface area contributed by atoms with E-state index in [1.807, 2.05) is 13.8 Å². The summed E-state index contributed by atoms with van der Waals surface area (Å²) in [4.78, 5) is 0. The maximum Gasteiger partial charge on any atom is 0.0711 e. The SMILES string of the molecule is CC[NH3+].CC[NH3+].O=S([O-])([O-])=S. The van der Waals surface area contributed by atoms with E-state index in [1.54, 1.807) is 0 Å². The van der Waals surface area contributed by atoms with E-state index in [9.17, 15) is 0 Å². The zero-order chi connectivity index (χ0) is 9.91. The van der Waals surface area contributed by atoms with Gasteiger partial charge < -0.3 is 20.6 Å². The van der Waals surface area contributed by atoms with Crippen molar-refractivity contribution in [3.63, 3.8) is 0 Å². The van der Waals surface area contributed by atoms with E-state index >= 15 is 0 Å². The summed E-state index contributed by atoms with van der Waals surface area (Å²) >= 11 is 3.24. The van der Waals surface area contributed by atoms with Gasteiger partial charge in [-0.3, -0.25) is 4.21 Å². The highest BCUT2D eigenvalue weighted by Crippen LogP contribution is 1.60. The molecule has 0 aliphatic rings. The summed E-state index contributed by atoms with van der Waals surface area (Å²) in [7, 11) is -4.33. The summed E-state index contributed by atoms with van der Waals surface area (Å²) in [6.45, 7) is 6.03. The van der Waals surface area contributed by atoms with Gasteiger partial charge in [0.15, 0.2) is 0 Å². The smallest absolute Gasteiger partial charge is 0.0711 e. The maximum atomic E-state index is 8.89. The lowest BCUT2D eigenvalue weighted by molar-refractivity contribution is -0.362. The van der Waals surface area contributed by atoms with Gasteiger partial charge in [0.1, 0.15) is 0 Å². The van der Waals surface area contributed by atoms with Gasteiger partial charge in [-0.1, -0.05) is 0 Å². The average Bonchev–Trinajstić information content (AvgIpc) is 1.62. The van der Waals surface area contributed by atoms with Gasteiger partial charge in [0.25, 0.3) is 0 Å². The monoisotopic (exact) mass is 204 g/mol. The fourth-order valence-electron chi connectivity index (χ4n) is 0. The van der Waals surface area contributed by atoms with Crippen LogP contribution in [0.15, 0.2) is 0 Å². The van der Waals surface area contributed by atoms with Gasteiger partial charge >= 0.3 is 0 Å². The molecular weight excluding hydrogens is 188 g/mol. The molecule has 7 heteroatoms. The molecule has 11 heavy (non-hydrogen) atoms. The number of hydrogen-bond acceptors (Lipinski definition) is 4. The van der Waals surface area contributed by atoms with Crippen LogP contribution in [-0.2, 0) is 20.2 Å². The summed E-state index contributed by atoms with van der Waals surface area (Å²) in [5.41, 5.74) is 6.97. The molecule has 6 N–H and O–H groups in total. The molecule has 0 bridgehead atoms. The predicted molar refractivity (Wildman–Crippen MR) is 43.9 cm³/mol. The van der Waals surface area contributed by atoms with Crippen molar-refractivity contribution in [1.82, 2.24) is 0 Å². The van der Waals surface area contributed by atoms with Crippen molar-refractivity contribution in [1.29, 1.82) is 0 Å². The van der Waals surface area contributed by atoms with Gasteiger partial charge in [0.05, 0.1) is 13.1 Å². The molecule has 0 unspecified atom stereocenters. The first kappa shape index (κ1) is 17.3. The molecule has 0 atom stereocenters. The van der Waals surface area contributed by atoms with Crippen LogP contribution >= 0.6 is 0 Å². The number of hydrogen-bond donors (Lipinski definition) is 2. The lowest BCUT2D eigenvalue weighted by Crippen LogP contribution is -2.48. The largest absolute Gasteiger partial charge is 0.780 e. The number of rotatable bonds is 0. The van der Waals surface area contributed by atoms with Gasteiger partial charge in [-0.2, -0.15) is 0 Å². The zero-order valence-corrected chi connectivity index (χ0v) is 8.50. The average molecular weight is 204 g/mol. The molecule has 0 aliphatic carbocycles. The molecule has 5 nitrogen and oxygen atoms in total. The van der Waals surface area contributed by atoms with Crippen LogP contribution in [0.2, 0.25) is 0 Å². The Hall–Kier alpha value is 0.210. The first-order valence-electron chi connectivity index (χ1n) is 3.08. The van der Waals surface area contributed by atoms with Gasteiger partial charge in [-0.15, -0.1) is 9.05 Å². The lowest BCUT2D eigenvalue weighted by atomic mass is 10.8.